The molecular formula is C20H22O7. The van der Waals surface area contributed by atoms with E-state index in [0.29, 0.717) is 22.3 Å². The number of hydrogen-bond acceptors (Lipinski definition) is 7. The third kappa shape index (κ3) is 3.67. The molecule has 0 radical (unpaired) electrons. The predicted molar refractivity (Wildman–Crippen MR) is 96.4 cm³/mol. The normalized spacial score (nSPS) is 18.9. The van der Waals surface area contributed by atoms with E-state index in [0.717, 1.165) is 0 Å². The van der Waals surface area contributed by atoms with Gasteiger partial charge in [-0.25, -0.2) is 4.79 Å². The van der Waals surface area contributed by atoms with Crippen LogP contribution in [0.2, 0.25) is 0 Å². The van der Waals surface area contributed by atoms with E-state index in [1.165, 1.54) is 13.0 Å². The molecule has 0 fully saturated rings. The molecular weight excluding hydrogens is 352 g/mol. The molecule has 7 nitrogen and oxygen atoms in total. The van der Waals surface area contributed by atoms with E-state index in [9.17, 15) is 14.4 Å². The molecule has 0 amide bonds. The van der Waals surface area contributed by atoms with E-state index in [1.54, 1.807) is 45.9 Å². The van der Waals surface area contributed by atoms with Gasteiger partial charge in [0, 0.05) is 30.0 Å². The number of hydrogen-bond donors (Lipinski definition) is 0. The van der Waals surface area contributed by atoms with Crippen LogP contribution in [0, 0.1) is 5.92 Å². The average molecular weight is 374 g/mol. The number of carbonyl (C=O) groups excluding carboxylic acids is 2. The number of fused-ring (bicyclic) bond motifs is 2. The highest BCUT2D eigenvalue weighted by atomic mass is 16.6. The van der Waals surface area contributed by atoms with Gasteiger partial charge >= 0.3 is 17.6 Å². The van der Waals surface area contributed by atoms with Crippen molar-refractivity contribution < 1.29 is 28.2 Å². The van der Waals surface area contributed by atoms with Crippen LogP contribution in [-0.2, 0) is 19.1 Å². The third-order valence-corrected chi connectivity index (χ3v) is 4.39. The van der Waals surface area contributed by atoms with Crippen molar-refractivity contribution in [2.75, 3.05) is 0 Å². The van der Waals surface area contributed by atoms with Crippen LogP contribution in [0.4, 0.5) is 0 Å². The Hall–Kier alpha value is -2.83. The topological polar surface area (TPSA) is 92.0 Å². The second-order valence-electron chi connectivity index (χ2n) is 7.43. The van der Waals surface area contributed by atoms with Gasteiger partial charge < -0.3 is 18.6 Å². The summed E-state index contributed by atoms with van der Waals surface area (Å²) in [6, 6.07) is 6.30. The van der Waals surface area contributed by atoms with E-state index in [2.05, 4.69) is 0 Å². The van der Waals surface area contributed by atoms with E-state index in [-0.39, 0.29) is 11.9 Å². The number of benzene rings is 1. The van der Waals surface area contributed by atoms with Crippen LogP contribution in [0.3, 0.4) is 0 Å². The summed E-state index contributed by atoms with van der Waals surface area (Å²) in [5, 5.41) is 0.675. The lowest BCUT2D eigenvalue weighted by atomic mass is 9.93. The minimum Gasteiger partial charge on any atom is -0.481 e. The Balaban J connectivity index is 2.08. The van der Waals surface area contributed by atoms with Crippen molar-refractivity contribution in [2.24, 2.45) is 5.92 Å². The molecule has 1 aromatic carbocycles. The maximum Gasteiger partial charge on any atom is 0.336 e. The molecule has 2 heterocycles. The molecule has 144 valence electrons. The fourth-order valence-corrected chi connectivity index (χ4v) is 3.12. The zero-order valence-corrected chi connectivity index (χ0v) is 15.9. The van der Waals surface area contributed by atoms with Gasteiger partial charge in [-0.1, -0.05) is 13.8 Å². The van der Waals surface area contributed by atoms with Gasteiger partial charge in [-0.3, -0.25) is 9.59 Å². The van der Waals surface area contributed by atoms with Gasteiger partial charge in [-0.05, 0) is 26.0 Å². The minimum atomic E-state index is -1.06. The van der Waals surface area contributed by atoms with E-state index in [4.69, 9.17) is 18.6 Å². The zero-order chi connectivity index (χ0) is 19.9. The number of carbonyl (C=O) groups is 2. The first kappa shape index (κ1) is 18.9. The first-order valence-corrected chi connectivity index (χ1v) is 8.73. The molecule has 27 heavy (non-hydrogen) atoms. The van der Waals surface area contributed by atoms with Crippen molar-refractivity contribution in [3.05, 3.63) is 40.2 Å². The largest absolute Gasteiger partial charge is 0.481 e. The second-order valence-corrected chi connectivity index (χ2v) is 7.43. The van der Waals surface area contributed by atoms with Crippen molar-refractivity contribution >= 4 is 22.9 Å². The molecule has 0 aliphatic carbocycles. The van der Waals surface area contributed by atoms with Crippen LogP contribution >= 0.6 is 0 Å². The van der Waals surface area contributed by atoms with Crippen LogP contribution in [0.25, 0.3) is 11.0 Å². The van der Waals surface area contributed by atoms with Crippen molar-refractivity contribution in [2.45, 2.75) is 52.4 Å². The molecule has 0 saturated heterocycles. The van der Waals surface area contributed by atoms with Gasteiger partial charge in [-0.15, -0.1) is 0 Å². The van der Waals surface area contributed by atoms with Crippen LogP contribution in [0.5, 0.6) is 5.75 Å². The quantitative estimate of drug-likeness (QED) is 0.599. The highest BCUT2D eigenvalue weighted by Crippen LogP contribution is 2.45. The SMILES string of the molecule is CC(=O)OC(C)(C)[C@H]1Oc2cc3oc(=O)ccc3cc2[C@@H]1OC(=O)C(C)C. The van der Waals surface area contributed by atoms with E-state index < -0.39 is 29.4 Å². The van der Waals surface area contributed by atoms with Crippen molar-refractivity contribution in [3.8, 4) is 5.75 Å². The van der Waals surface area contributed by atoms with E-state index >= 15 is 0 Å². The fraction of sp³-hybridized carbons (Fsp3) is 0.450. The Bertz CT molecular complexity index is 954. The highest BCUT2D eigenvalue weighted by Gasteiger charge is 2.49. The molecule has 2 aromatic rings. The molecule has 1 aliphatic heterocycles. The summed E-state index contributed by atoms with van der Waals surface area (Å²) in [6.45, 7) is 8.17. The number of esters is 2. The summed E-state index contributed by atoms with van der Waals surface area (Å²) >= 11 is 0. The molecule has 1 aliphatic rings. The Morgan fingerprint density at radius 1 is 1.19 bits per heavy atom. The Morgan fingerprint density at radius 3 is 2.52 bits per heavy atom. The molecule has 0 bridgehead atoms. The second kappa shape index (κ2) is 6.72. The van der Waals surface area contributed by atoms with Crippen LogP contribution in [-0.4, -0.2) is 23.6 Å². The van der Waals surface area contributed by atoms with Crippen LogP contribution in [0.1, 0.15) is 46.3 Å². The number of rotatable bonds is 4. The molecule has 2 atom stereocenters. The van der Waals surface area contributed by atoms with Gasteiger partial charge in [0.25, 0.3) is 0 Å². The van der Waals surface area contributed by atoms with Gasteiger partial charge in [0.2, 0.25) is 0 Å². The van der Waals surface area contributed by atoms with Gasteiger partial charge in [0.05, 0.1) is 5.92 Å². The molecule has 7 heteroatoms. The Labute approximate surface area is 156 Å². The lowest BCUT2D eigenvalue weighted by Gasteiger charge is -2.33. The predicted octanol–water partition coefficient (Wildman–Crippen LogP) is 3.14. The standard InChI is InChI=1S/C20H22O7/c1-10(2)19(23)26-17-13-8-12-6-7-16(22)24-14(12)9-15(13)25-18(17)20(4,5)27-11(3)21/h6-10,17-18H,1-5H3/t17-,18-/m0/s1. The summed E-state index contributed by atoms with van der Waals surface area (Å²) in [4.78, 5) is 35.3. The van der Waals surface area contributed by atoms with Gasteiger partial charge in [0.15, 0.2) is 12.2 Å². The molecule has 3 rings (SSSR count). The molecule has 0 spiro atoms. The maximum atomic E-state index is 12.3. The van der Waals surface area contributed by atoms with Crippen molar-refractivity contribution in [3.63, 3.8) is 0 Å². The summed E-state index contributed by atoms with van der Waals surface area (Å²) in [5.74, 6) is -0.766. The van der Waals surface area contributed by atoms with Gasteiger partial charge in [0.1, 0.15) is 16.9 Å². The monoisotopic (exact) mass is 374 g/mol. The summed E-state index contributed by atoms with van der Waals surface area (Å²) in [5.41, 5.74) is -0.531. The summed E-state index contributed by atoms with van der Waals surface area (Å²) in [6.07, 6.45) is -1.51. The summed E-state index contributed by atoms with van der Waals surface area (Å²) < 4.78 is 22.3. The summed E-state index contributed by atoms with van der Waals surface area (Å²) in [7, 11) is 0. The third-order valence-electron chi connectivity index (χ3n) is 4.39. The first-order valence-electron chi connectivity index (χ1n) is 8.73. The zero-order valence-electron chi connectivity index (χ0n) is 15.9. The van der Waals surface area contributed by atoms with Crippen LogP contribution in [0.15, 0.2) is 33.5 Å². The minimum absolute atomic E-state index is 0.329. The van der Waals surface area contributed by atoms with Crippen LogP contribution < -0.4 is 10.4 Å². The molecule has 1 aromatic heterocycles. The first-order chi connectivity index (χ1) is 12.6. The van der Waals surface area contributed by atoms with Gasteiger partial charge in [-0.2, -0.15) is 0 Å². The molecule has 0 unspecified atom stereocenters. The maximum absolute atomic E-state index is 12.3. The molecule has 0 saturated carbocycles. The Morgan fingerprint density at radius 2 is 1.89 bits per heavy atom. The van der Waals surface area contributed by atoms with E-state index in [1.807, 2.05) is 0 Å². The fourth-order valence-electron chi connectivity index (χ4n) is 3.12. The lowest BCUT2D eigenvalue weighted by molar-refractivity contribution is -0.177. The molecule has 0 N–H and O–H groups in total. The highest BCUT2D eigenvalue weighted by molar-refractivity contribution is 5.80. The number of ether oxygens (including phenoxy) is 3. The van der Waals surface area contributed by atoms with Crippen molar-refractivity contribution in [1.29, 1.82) is 0 Å². The Kier molecular flexibility index (Phi) is 4.71. The van der Waals surface area contributed by atoms with Crippen molar-refractivity contribution in [1.82, 2.24) is 0 Å². The lowest BCUT2D eigenvalue weighted by Crippen LogP contribution is -2.46. The average Bonchev–Trinajstić information content (AvgIpc) is 2.90. The smallest absolute Gasteiger partial charge is 0.336 e.